The minimum atomic E-state index is -1.31. The molecule has 1 unspecified atom stereocenters. The van der Waals surface area contributed by atoms with Gasteiger partial charge >= 0.3 is 0 Å². The van der Waals surface area contributed by atoms with Crippen LogP contribution in [-0.2, 0) is 5.60 Å². The van der Waals surface area contributed by atoms with Gasteiger partial charge in [-0.1, -0.05) is 60.7 Å². The lowest BCUT2D eigenvalue weighted by molar-refractivity contribution is 0.0648. The second-order valence-corrected chi connectivity index (χ2v) is 10.4. The Bertz CT molecular complexity index is 1750. The number of benzene rings is 4. The molecule has 0 aliphatic rings. The Balaban J connectivity index is 1.53. The Kier molecular flexibility index (Phi) is 6.55. The van der Waals surface area contributed by atoms with Gasteiger partial charge in [-0.3, -0.25) is 0 Å². The van der Waals surface area contributed by atoms with Crippen molar-refractivity contribution in [3.05, 3.63) is 108 Å². The monoisotopic (exact) mass is 516 g/mol. The highest BCUT2D eigenvalue weighted by atomic mass is 16.5. The first-order chi connectivity index (χ1) is 19.0. The van der Waals surface area contributed by atoms with Crippen LogP contribution >= 0.6 is 0 Å². The van der Waals surface area contributed by atoms with Crippen molar-refractivity contribution < 1.29 is 14.3 Å². The first kappa shape index (κ1) is 25.1. The number of rotatable bonds is 8. The van der Waals surface area contributed by atoms with Crippen molar-refractivity contribution in [2.75, 3.05) is 27.7 Å². The van der Waals surface area contributed by atoms with Crippen molar-refractivity contribution in [2.24, 2.45) is 0 Å². The third-order valence-corrected chi connectivity index (χ3v) is 7.51. The molecule has 0 amide bonds. The van der Waals surface area contributed by atoms with E-state index in [4.69, 9.17) is 14.1 Å². The molecule has 0 bridgehead atoms. The van der Waals surface area contributed by atoms with Gasteiger partial charge in [0.05, 0.1) is 18.2 Å². The van der Waals surface area contributed by atoms with Crippen LogP contribution < -0.4 is 4.74 Å². The topological polar surface area (TPSA) is 58.7 Å². The van der Waals surface area contributed by atoms with E-state index in [1.54, 1.807) is 7.11 Å². The summed E-state index contributed by atoms with van der Waals surface area (Å²) in [5.41, 5.74) is 2.81. The average Bonchev–Trinajstić information content (AvgIpc) is 3.40. The molecule has 0 aliphatic heterocycles. The molecule has 0 saturated heterocycles. The summed E-state index contributed by atoms with van der Waals surface area (Å²) in [6, 6.07) is 32.5. The molecule has 196 valence electrons. The lowest BCUT2D eigenvalue weighted by atomic mass is 9.80. The number of pyridine rings is 1. The van der Waals surface area contributed by atoms with Crippen molar-refractivity contribution in [3.8, 4) is 17.2 Å². The fourth-order valence-corrected chi connectivity index (χ4v) is 5.54. The molecule has 0 radical (unpaired) electrons. The smallest absolute Gasteiger partial charge is 0.220 e. The zero-order valence-corrected chi connectivity index (χ0v) is 22.5. The Morgan fingerprint density at radius 2 is 1.59 bits per heavy atom. The Morgan fingerprint density at radius 1 is 0.821 bits per heavy atom. The zero-order valence-electron chi connectivity index (χ0n) is 22.5. The van der Waals surface area contributed by atoms with Crippen molar-refractivity contribution >= 4 is 32.6 Å². The van der Waals surface area contributed by atoms with Gasteiger partial charge in [0, 0.05) is 16.3 Å². The van der Waals surface area contributed by atoms with Gasteiger partial charge in [0.15, 0.2) is 0 Å². The molecule has 0 aliphatic carbocycles. The number of nitrogens with zero attached hydrogens (tertiary/aromatic N) is 2. The van der Waals surface area contributed by atoms with Crippen molar-refractivity contribution in [1.29, 1.82) is 0 Å². The van der Waals surface area contributed by atoms with Crippen LogP contribution in [-0.4, -0.2) is 42.7 Å². The predicted octanol–water partition coefficient (Wildman–Crippen LogP) is 7.39. The highest BCUT2D eigenvalue weighted by Gasteiger charge is 2.36. The van der Waals surface area contributed by atoms with Crippen LogP contribution in [0.4, 0.5) is 0 Å². The number of aliphatic hydroxyl groups is 1. The van der Waals surface area contributed by atoms with Gasteiger partial charge < -0.3 is 19.2 Å². The largest absolute Gasteiger partial charge is 0.481 e. The molecule has 0 spiro atoms. The minimum absolute atomic E-state index is 0.430. The fourth-order valence-electron chi connectivity index (χ4n) is 5.54. The molecule has 0 fully saturated rings. The molecule has 39 heavy (non-hydrogen) atoms. The van der Waals surface area contributed by atoms with Crippen LogP contribution in [0, 0.1) is 0 Å². The molecule has 0 saturated carbocycles. The van der Waals surface area contributed by atoms with E-state index in [-0.39, 0.29) is 0 Å². The number of furan rings is 1. The van der Waals surface area contributed by atoms with Gasteiger partial charge in [-0.15, -0.1) is 0 Å². The molecule has 5 heteroatoms. The van der Waals surface area contributed by atoms with E-state index in [2.05, 4.69) is 49.3 Å². The third-order valence-electron chi connectivity index (χ3n) is 7.51. The van der Waals surface area contributed by atoms with Gasteiger partial charge in [0.1, 0.15) is 16.9 Å². The lowest BCUT2D eigenvalue weighted by Gasteiger charge is -2.32. The zero-order chi connectivity index (χ0) is 27.0. The van der Waals surface area contributed by atoms with Crippen LogP contribution in [0.15, 0.2) is 101 Å². The summed E-state index contributed by atoms with van der Waals surface area (Å²) < 4.78 is 12.0. The first-order valence-electron chi connectivity index (χ1n) is 13.3. The second-order valence-electron chi connectivity index (χ2n) is 10.4. The first-order valence-corrected chi connectivity index (χ1v) is 13.3. The van der Waals surface area contributed by atoms with E-state index in [0.29, 0.717) is 17.9 Å². The number of ether oxygens (including phenoxy) is 1. The number of hydrogen-bond donors (Lipinski definition) is 1. The van der Waals surface area contributed by atoms with Crippen LogP contribution in [0.5, 0.6) is 5.88 Å². The second kappa shape index (κ2) is 10.2. The summed E-state index contributed by atoms with van der Waals surface area (Å²) >= 11 is 0. The molecule has 4 aromatic carbocycles. The van der Waals surface area contributed by atoms with Gasteiger partial charge in [-0.05, 0) is 86.2 Å². The molecule has 2 heterocycles. The van der Waals surface area contributed by atoms with E-state index in [1.165, 1.54) is 0 Å². The summed E-state index contributed by atoms with van der Waals surface area (Å²) in [6.45, 7) is 0.854. The predicted molar refractivity (Wildman–Crippen MR) is 158 cm³/mol. The number of aromatic nitrogens is 1. The van der Waals surface area contributed by atoms with E-state index in [9.17, 15) is 5.11 Å². The Hall–Kier alpha value is -4.19. The van der Waals surface area contributed by atoms with Crippen molar-refractivity contribution in [2.45, 2.75) is 18.4 Å². The number of para-hydroxylation sites is 1. The van der Waals surface area contributed by atoms with E-state index >= 15 is 0 Å². The SMILES string of the molecule is COc1nc2ccc(-c3cc4ccccc4o3)cc2cc1C(O)(CCCN(C)C)c1cccc2ccccc12. The highest BCUT2D eigenvalue weighted by molar-refractivity contribution is 5.90. The van der Waals surface area contributed by atoms with Crippen molar-refractivity contribution in [1.82, 2.24) is 9.88 Å². The van der Waals surface area contributed by atoms with E-state index in [0.717, 1.165) is 62.5 Å². The van der Waals surface area contributed by atoms with Gasteiger partial charge in [0.25, 0.3) is 0 Å². The average molecular weight is 517 g/mol. The molecule has 5 nitrogen and oxygen atoms in total. The summed E-state index contributed by atoms with van der Waals surface area (Å²) in [4.78, 5) is 7.00. The van der Waals surface area contributed by atoms with E-state index in [1.807, 2.05) is 66.7 Å². The summed E-state index contributed by atoms with van der Waals surface area (Å²) in [6.07, 6.45) is 1.32. The van der Waals surface area contributed by atoms with Gasteiger partial charge in [-0.2, -0.15) is 0 Å². The Labute approximate surface area is 228 Å². The number of hydrogen-bond acceptors (Lipinski definition) is 5. The normalized spacial score (nSPS) is 13.4. The summed E-state index contributed by atoms with van der Waals surface area (Å²) in [5.74, 6) is 1.23. The molecule has 1 N–H and O–H groups in total. The number of methoxy groups -OCH3 is 1. The van der Waals surface area contributed by atoms with Gasteiger partial charge in [0.2, 0.25) is 5.88 Å². The maximum Gasteiger partial charge on any atom is 0.220 e. The maximum atomic E-state index is 12.7. The lowest BCUT2D eigenvalue weighted by Crippen LogP contribution is -2.30. The molecule has 1 atom stereocenters. The summed E-state index contributed by atoms with van der Waals surface area (Å²) in [7, 11) is 5.72. The third kappa shape index (κ3) is 4.65. The molecular formula is C34H32N2O3. The fraction of sp³-hybridized carbons (Fsp3) is 0.206. The van der Waals surface area contributed by atoms with Gasteiger partial charge in [-0.25, -0.2) is 4.98 Å². The maximum absolute atomic E-state index is 12.7. The quantitative estimate of drug-likeness (QED) is 0.229. The minimum Gasteiger partial charge on any atom is -0.481 e. The molecule has 6 aromatic rings. The van der Waals surface area contributed by atoms with Crippen LogP contribution in [0.2, 0.25) is 0 Å². The highest BCUT2D eigenvalue weighted by Crippen LogP contribution is 2.43. The van der Waals surface area contributed by atoms with Crippen LogP contribution in [0.1, 0.15) is 24.0 Å². The Morgan fingerprint density at radius 3 is 2.38 bits per heavy atom. The summed E-state index contributed by atoms with van der Waals surface area (Å²) in [5, 5.41) is 16.7. The van der Waals surface area contributed by atoms with Crippen LogP contribution in [0.25, 0.3) is 44.0 Å². The van der Waals surface area contributed by atoms with Crippen LogP contribution in [0.3, 0.4) is 0 Å². The molecule has 2 aromatic heterocycles. The van der Waals surface area contributed by atoms with Crippen molar-refractivity contribution in [3.63, 3.8) is 0 Å². The van der Waals surface area contributed by atoms with E-state index < -0.39 is 5.60 Å². The standard InChI is InChI=1S/C34H32N2O3/c1-36(2)19-9-18-34(37,28-14-8-12-23-10-4-6-13-27(23)28)29-21-26-20-25(16-17-30(26)35-33(29)38-3)32-22-24-11-5-7-15-31(24)39-32/h4-8,10-17,20-22,37H,9,18-19H2,1-3H3. The molecular weight excluding hydrogens is 484 g/mol. The number of fused-ring (bicyclic) bond motifs is 3. The molecule has 6 rings (SSSR count).